The van der Waals surface area contributed by atoms with Crippen LogP contribution >= 0.6 is 0 Å². The highest BCUT2D eigenvalue weighted by molar-refractivity contribution is 6.17. The van der Waals surface area contributed by atoms with E-state index in [-0.39, 0.29) is 0 Å². The molecule has 12 rings (SSSR count). The zero-order valence-electron chi connectivity index (χ0n) is 30.3. The topological polar surface area (TPSA) is 78.1 Å². The van der Waals surface area contributed by atoms with E-state index < -0.39 is 0 Å². The first-order chi connectivity index (χ1) is 28.2. The molecule has 0 aliphatic carbocycles. The number of benzene rings is 8. The third kappa shape index (κ3) is 5.01. The van der Waals surface area contributed by atoms with Crippen LogP contribution in [0.4, 0.5) is 0 Å². The summed E-state index contributed by atoms with van der Waals surface area (Å²) in [7, 11) is 0. The van der Waals surface area contributed by atoms with Gasteiger partial charge in [-0.2, -0.15) is 0 Å². The molecule has 4 aromatic heterocycles. The maximum Gasteiger partial charge on any atom is 0.164 e. The number of fused-ring (bicyclic) bond motifs is 9. The standard InChI is InChI=1S/C51H29N3O3/c1-2-11-31(12-3-1)49-52-50(54-51(53-49)40-16-10-20-44-46(40)38-14-5-8-18-42(38)55-44)32-23-21-30(22-24-32)35-28-27-34(47-39-15-6-9-19-43(39)57-48(35)47)33-25-26-37-36-13-4-7-17-41(36)56-45(37)29-33/h1-29H. The molecule has 266 valence electrons. The monoisotopic (exact) mass is 731 g/mol. The van der Waals surface area contributed by atoms with Crippen molar-refractivity contribution in [2.24, 2.45) is 0 Å². The van der Waals surface area contributed by atoms with Crippen LogP contribution in [0.15, 0.2) is 189 Å². The maximum atomic E-state index is 6.67. The van der Waals surface area contributed by atoms with Gasteiger partial charge in [-0.25, -0.2) is 15.0 Å². The summed E-state index contributed by atoms with van der Waals surface area (Å²) in [6.07, 6.45) is 0. The number of hydrogen-bond acceptors (Lipinski definition) is 6. The van der Waals surface area contributed by atoms with Crippen molar-refractivity contribution < 1.29 is 13.3 Å². The molecule has 0 fully saturated rings. The van der Waals surface area contributed by atoms with Gasteiger partial charge in [0.25, 0.3) is 0 Å². The van der Waals surface area contributed by atoms with E-state index in [9.17, 15) is 0 Å². The number of para-hydroxylation sites is 3. The lowest BCUT2D eigenvalue weighted by Gasteiger charge is -2.11. The first kappa shape index (κ1) is 31.5. The normalized spacial score (nSPS) is 11.9. The molecule has 0 bridgehead atoms. The molecular weight excluding hydrogens is 703 g/mol. The molecule has 0 atom stereocenters. The number of nitrogens with zero attached hydrogens (tertiary/aromatic N) is 3. The van der Waals surface area contributed by atoms with Crippen LogP contribution < -0.4 is 0 Å². The Hall–Kier alpha value is -7.83. The first-order valence-corrected chi connectivity index (χ1v) is 18.9. The molecule has 0 aliphatic rings. The minimum atomic E-state index is 0.584. The van der Waals surface area contributed by atoms with E-state index in [1.165, 1.54) is 0 Å². The fourth-order valence-corrected chi connectivity index (χ4v) is 8.29. The van der Waals surface area contributed by atoms with Crippen molar-refractivity contribution >= 4 is 65.8 Å². The highest BCUT2D eigenvalue weighted by atomic mass is 16.3. The second-order valence-corrected chi connectivity index (χ2v) is 14.3. The average molecular weight is 732 g/mol. The second kappa shape index (κ2) is 12.3. The summed E-state index contributed by atoms with van der Waals surface area (Å²) in [6, 6.07) is 59.8. The van der Waals surface area contributed by atoms with E-state index in [1.807, 2.05) is 91.0 Å². The predicted molar refractivity (Wildman–Crippen MR) is 229 cm³/mol. The molecular formula is C51H29N3O3. The van der Waals surface area contributed by atoms with Gasteiger partial charge in [0.15, 0.2) is 17.5 Å². The van der Waals surface area contributed by atoms with Crippen molar-refractivity contribution in [1.82, 2.24) is 15.0 Å². The second-order valence-electron chi connectivity index (χ2n) is 14.3. The van der Waals surface area contributed by atoms with Crippen LogP contribution in [0, 0.1) is 0 Å². The summed E-state index contributed by atoms with van der Waals surface area (Å²) in [6.45, 7) is 0. The fraction of sp³-hybridized carbons (Fsp3) is 0. The molecule has 6 nitrogen and oxygen atoms in total. The molecule has 0 unspecified atom stereocenters. The Kier molecular flexibility index (Phi) is 6.83. The lowest BCUT2D eigenvalue weighted by atomic mass is 9.94. The summed E-state index contributed by atoms with van der Waals surface area (Å²) in [4.78, 5) is 15.2. The summed E-state index contributed by atoms with van der Waals surface area (Å²) >= 11 is 0. The van der Waals surface area contributed by atoms with Gasteiger partial charge in [0.05, 0.1) is 0 Å². The van der Waals surface area contributed by atoms with Crippen molar-refractivity contribution in [3.63, 3.8) is 0 Å². The van der Waals surface area contributed by atoms with Gasteiger partial charge < -0.3 is 13.3 Å². The number of rotatable bonds is 5. The Morgan fingerprint density at radius 1 is 0.281 bits per heavy atom. The van der Waals surface area contributed by atoms with Crippen LogP contribution in [0.5, 0.6) is 0 Å². The van der Waals surface area contributed by atoms with Crippen molar-refractivity contribution in [2.45, 2.75) is 0 Å². The van der Waals surface area contributed by atoms with E-state index in [1.54, 1.807) is 0 Å². The highest BCUT2D eigenvalue weighted by Gasteiger charge is 2.20. The largest absolute Gasteiger partial charge is 0.456 e. The zero-order valence-corrected chi connectivity index (χ0v) is 30.3. The maximum absolute atomic E-state index is 6.67. The van der Waals surface area contributed by atoms with Crippen LogP contribution in [0.2, 0.25) is 0 Å². The molecule has 0 N–H and O–H groups in total. The molecule has 12 aromatic rings. The van der Waals surface area contributed by atoms with E-state index in [0.717, 1.165) is 105 Å². The van der Waals surface area contributed by atoms with Gasteiger partial charge in [-0.05, 0) is 59.2 Å². The van der Waals surface area contributed by atoms with Gasteiger partial charge in [0, 0.05) is 54.6 Å². The Labute approximate surface area is 325 Å². The van der Waals surface area contributed by atoms with Crippen LogP contribution in [-0.4, -0.2) is 15.0 Å². The lowest BCUT2D eigenvalue weighted by Crippen LogP contribution is -2.00. The van der Waals surface area contributed by atoms with Crippen molar-refractivity contribution in [2.75, 3.05) is 0 Å². The van der Waals surface area contributed by atoms with Crippen LogP contribution in [0.3, 0.4) is 0 Å². The number of hydrogen-bond donors (Lipinski definition) is 0. The average Bonchev–Trinajstić information content (AvgIpc) is 3.98. The predicted octanol–water partition coefficient (Wildman–Crippen LogP) is 13.9. The summed E-state index contributed by atoms with van der Waals surface area (Å²) in [5.41, 5.74) is 11.9. The fourth-order valence-electron chi connectivity index (χ4n) is 8.29. The Balaban J connectivity index is 0.991. The van der Waals surface area contributed by atoms with Gasteiger partial charge in [0.1, 0.15) is 33.5 Å². The van der Waals surface area contributed by atoms with E-state index in [2.05, 4.69) is 84.9 Å². The van der Waals surface area contributed by atoms with E-state index in [0.29, 0.717) is 17.5 Å². The third-order valence-electron chi connectivity index (χ3n) is 11.0. The zero-order chi connectivity index (χ0) is 37.5. The quantitative estimate of drug-likeness (QED) is 0.175. The number of aromatic nitrogens is 3. The van der Waals surface area contributed by atoms with Crippen molar-refractivity contribution in [3.8, 4) is 56.4 Å². The highest BCUT2D eigenvalue weighted by Crippen LogP contribution is 2.43. The molecule has 0 spiro atoms. The first-order valence-electron chi connectivity index (χ1n) is 18.9. The van der Waals surface area contributed by atoms with Gasteiger partial charge in [-0.3, -0.25) is 0 Å². The Morgan fingerprint density at radius 2 is 0.807 bits per heavy atom. The SMILES string of the molecule is c1ccc(-c2nc(-c3ccc(-c4ccc(-c5ccc6c(c5)oc5ccccc56)c5c4oc4ccccc45)cc3)nc(-c3cccc4oc5ccccc5c34)n2)cc1. The van der Waals surface area contributed by atoms with Crippen LogP contribution in [0.25, 0.3) is 122 Å². The minimum Gasteiger partial charge on any atom is -0.456 e. The molecule has 0 saturated carbocycles. The smallest absolute Gasteiger partial charge is 0.164 e. The molecule has 0 amide bonds. The third-order valence-corrected chi connectivity index (χ3v) is 11.0. The molecule has 6 heteroatoms. The molecule has 4 heterocycles. The Morgan fingerprint density at radius 3 is 1.58 bits per heavy atom. The molecule has 57 heavy (non-hydrogen) atoms. The summed E-state index contributed by atoms with van der Waals surface area (Å²) in [5.74, 6) is 1.77. The van der Waals surface area contributed by atoms with Gasteiger partial charge in [-0.15, -0.1) is 0 Å². The van der Waals surface area contributed by atoms with Crippen LogP contribution in [0.1, 0.15) is 0 Å². The molecule has 8 aromatic carbocycles. The van der Waals surface area contributed by atoms with Gasteiger partial charge >= 0.3 is 0 Å². The van der Waals surface area contributed by atoms with Crippen molar-refractivity contribution in [1.29, 1.82) is 0 Å². The summed E-state index contributed by atoms with van der Waals surface area (Å²) in [5, 5.41) is 6.36. The van der Waals surface area contributed by atoms with Crippen LogP contribution in [-0.2, 0) is 0 Å². The van der Waals surface area contributed by atoms with Gasteiger partial charge in [0.2, 0.25) is 0 Å². The van der Waals surface area contributed by atoms with Gasteiger partial charge in [-0.1, -0.05) is 133 Å². The number of furan rings is 3. The molecule has 0 radical (unpaired) electrons. The Bertz CT molecular complexity index is 3520. The lowest BCUT2D eigenvalue weighted by molar-refractivity contribution is 0.668. The van der Waals surface area contributed by atoms with E-state index >= 15 is 0 Å². The molecule has 0 saturated heterocycles. The molecule has 0 aliphatic heterocycles. The minimum absolute atomic E-state index is 0.584. The summed E-state index contributed by atoms with van der Waals surface area (Å²) < 4.78 is 19.2. The van der Waals surface area contributed by atoms with E-state index in [4.69, 9.17) is 28.2 Å². The van der Waals surface area contributed by atoms with Crippen molar-refractivity contribution in [3.05, 3.63) is 176 Å².